The predicted molar refractivity (Wildman–Crippen MR) is 85.0 cm³/mol. The van der Waals surface area contributed by atoms with Crippen molar-refractivity contribution in [2.45, 2.75) is 25.4 Å². The Bertz CT molecular complexity index is 647. The first kappa shape index (κ1) is 18.4. The van der Waals surface area contributed by atoms with Crippen molar-refractivity contribution < 1.29 is 33.3 Å². The fourth-order valence-corrected chi connectivity index (χ4v) is 2.20. The van der Waals surface area contributed by atoms with Gasteiger partial charge in [-0.15, -0.1) is 0 Å². The van der Waals surface area contributed by atoms with Crippen LogP contribution in [0.3, 0.4) is 0 Å². The number of ether oxygens (including phenoxy) is 4. The summed E-state index contributed by atoms with van der Waals surface area (Å²) in [5.41, 5.74) is 0.809. The highest BCUT2D eigenvalue weighted by molar-refractivity contribution is 5.84. The third-order valence-electron chi connectivity index (χ3n) is 3.55. The van der Waals surface area contributed by atoms with Crippen LogP contribution in [0.1, 0.15) is 18.4 Å². The van der Waals surface area contributed by atoms with Gasteiger partial charge in [0.2, 0.25) is 6.79 Å². The number of esters is 2. The summed E-state index contributed by atoms with van der Waals surface area (Å²) < 4.78 is 19.6. The second-order valence-electron chi connectivity index (χ2n) is 5.21. The topological polar surface area (TPSA) is 112 Å². The third-order valence-corrected chi connectivity index (χ3v) is 3.55. The number of fused-ring (bicyclic) bond motifs is 1. The van der Waals surface area contributed by atoms with Gasteiger partial charge >= 0.3 is 18.0 Å². The maximum Gasteiger partial charge on any atom is 0.328 e. The standard InChI is InChI=1S/C16H20N2O7/c1-22-14(19)6-4-11(15(20)23-2)18-16(21)17-8-10-3-5-12-13(7-10)25-9-24-12/h3,5,7,11H,4,6,8-9H2,1-2H3,(H2,17,18,21)/t11-/m1/s1. The van der Waals surface area contributed by atoms with Gasteiger partial charge in [0, 0.05) is 13.0 Å². The Morgan fingerprint density at radius 1 is 1.16 bits per heavy atom. The number of hydrogen-bond donors (Lipinski definition) is 2. The number of methoxy groups -OCH3 is 2. The number of carbonyl (C=O) groups excluding carboxylic acids is 3. The van der Waals surface area contributed by atoms with Gasteiger partial charge < -0.3 is 29.6 Å². The summed E-state index contributed by atoms with van der Waals surface area (Å²) in [6, 6.07) is 3.81. The molecule has 0 aliphatic carbocycles. The highest BCUT2D eigenvalue weighted by atomic mass is 16.7. The van der Waals surface area contributed by atoms with E-state index in [2.05, 4.69) is 20.1 Å². The van der Waals surface area contributed by atoms with Crippen LogP contribution < -0.4 is 20.1 Å². The van der Waals surface area contributed by atoms with Crippen molar-refractivity contribution in [2.75, 3.05) is 21.0 Å². The summed E-state index contributed by atoms with van der Waals surface area (Å²) in [6.45, 7) is 0.404. The van der Waals surface area contributed by atoms with E-state index in [-0.39, 0.29) is 26.2 Å². The van der Waals surface area contributed by atoms with Crippen LogP contribution in [0.4, 0.5) is 4.79 Å². The molecule has 0 aromatic heterocycles. The first-order valence-electron chi connectivity index (χ1n) is 7.61. The van der Waals surface area contributed by atoms with E-state index in [1.165, 1.54) is 14.2 Å². The Morgan fingerprint density at radius 2 is 1.92 bits per heavy atom. The highest BCUT2D eigenvalue weighted by Crippen LogP contribution is 2.32. The van der Waals surface area contributed by atoms with E-state index in [9.17, 15) is 14.4 Å². The SMILES string of the molecule is COC(=O)CC[C@@H](NC(=O)NCc1ccc2c(c1)OCO2)C(=O)OC. The lowest BCUT2D eigenvalue weighted by atomic mass is 10.1. The van der Waals surface area contributed by atoms with Crippen molar-refractivity contribution in [1.82, 2.24) is 10.6 Å². The molecule has 0 unspecified atom stereocenters. The second kappa shape index (κ2) is 8.76. The number of carbonyl (C=O) groups is 3. The zero-order valence-corrected chi connectivity index (χ0v) is 14.0. The fraction of sp³-hybridized carbons (Fsp3) is 0.438. The van der Waals surface area contributed by atoms with Gasteiger partial charge in [0.25, 0.3) is 0 Å². The maximum absolute atomic E-state index is 12.0. The molecule has 0 bridgehead atoms. The smallest absolute Gasteiger partial charge is 0.328 e. The van der Waals surface area contributed by atoms with Crippen molar-refractivity contribution in [1.29, 1.82) is 0 Å². The van der Waals surface area contributed by atoms with Crippen LogP contribution in [0.15, 0.2) is 18.2 Å². The number of hydrogen-bond acceptors (Lipinski definition) is 7. The van der Waals surface area contributed by atoms with Crippen LogP contribution in [0, 0.1) is 0 Å². The van der Waals surface area contributed by atoms with E-state index in [4.69, 9.17) is 9.47 Å². The maximum atomic E-state index is 12.0. The molecule has 0 saturated heterocycles. The highest BCUT2D eigenvalue weighted by Gasteiger charge is 2.22. The lowest BCUT2D eigenvalue weighted by molar-refractivity contribution is -0.144. The molecule has 1 aromatic rings. The van der Waals surface area contributed by atoms with Gasteiger partial charge in [0.15, 0.2) is 11.5 Å². The largest absolute Gasteiger partial charge is 0.469 e. The number of rotatable bonds is 7. The van der Waals surface area contributed by atoms with Gasteiger partial charge in [-0.25, -0.2) is 9.59 Å². The van der Waals surface area contributed by atoms with Crippen LogP contribution in [0.5, 0.6) is 11.5 Å². The van der Waals surface area contributed by atoms with Crippen LogP contribution in [0.25, 0.3) is 0 Å². The number of urea groups is 1. The van der Waals surface area contributed by atoms with Crippen molar-refractivity contribution in [3.8, 4) is 11.5 Å². The van der Waals surface area contributed by atoms with Crippen molar-refractivity contribution in [3.05, 3.63) is 23.8 Å². The molecule has 2 amide bonds. The number of amides is 2. The predicted octanol–water partition coefficient (Wildman–Crippen LogP) is 0.709. The van der Waals surface area contributed by atoms with Gasteiger partial charge in [-0.1, -0.05) is 6.07 Å². The molecule has 2 rings (SSSR count). The van der Waals surface area contributed by atoms with Crippen molar-refractivity contribution in [3.63, 3.8) is 0 Å². The monoisotopic (exact) mass is 352 g/mol. The average Bonchev–Trinajstić information content (AvgIpc) is 3.10. The lowest BCUT2D eigenvalue weighted by Crippen LogP contribution is -2.46. The Kier molecular flexibility index (Phi) is 6.44. The Balaban J connectivity index is 1.85. The van der Waals surface area contributed by atoms with Gasteiger partial charge in [-0.05, 0) is 24.1 Å². The van der Waals surface area contributed by atoms with Crippen LogP contribution in [0.2, 0.25) is 0 Å². The molecular weight excluding hydrogens is 332 g/mol. The summed E-state index contributed by atoms with van der Waals surface area (Å²) in [6.07, 6.45) is 0.0650. The van der Waals surface area contributed by atoms with Crippen molar-refractivity contribution >= 4 is 18.0 Å². The molecular formula is C16H20N2O7. The molecule has 1 aliphatic heterocycles. The summed E-state index contributed by atoms with van der Waals surface area (Å²) in [5.74, 6) is 0.158. The molecule has 9 nitrogen and oxygen atoms in total. The van der Waals surface area contributed by atoms with E-state index in [0.29, 0.717) is 11.5 Å². The van der Waals surface area contributed by atoms with E-state index in [1.54, 1.807) is 18.2 Å². The van der Waals surface area contributed by atoms with E-state index >= 15 is 0 Å². The zero-order valence-electron chi connectivity index (χ0n) is 14.0. The molecule has 1 aromatic carbocycles. The number of nitrogens with one attached hydrogen (secondary N) is 2. The Morgan fingerprint density at radius 3 is 2.64 bits per heavy atom. The number of benzene rings is 1. The molecule has 1 aliphatic rings. The molecule has 1 atom stereocenters. The molecule has 25 heavy (non-hydrogen) atoms. The molecule has 1 heterocycles. The lowest BCUT2D eigenvalue weighted by Gasteiger charge is -2.16. The van der Waals surface area contributed by atoms with Gasteiger partial charge in [0.05, 0.1) is 14.2 Å². The second-order valence-corrected chi connectivity index (χ2v) is 5.21. The summed E-state index contributed by atoms with van der Waals surface area (Å²) in [4.78, 5) is 34.9. The molecule has 0 spiro atoms. The minimum atomic E-state index is -0.944. The molecule has 9 heteroatoms. The first-order chi connectivity index (χ1) is 12.0. The van der Waals surface area contributed by atoms with Crippen molar-refractivity contribution in [2.24, 2.45) is 0 Å². The fourth-order valence-electron chi connectivity index (χ4n) is 2.20. The normalized spacial score (nSPS) is 12.9. The van der Waals surface area contributed by atoms with Crippen LogP contribution in [-0.4, -0.2) is 45.0 Å². The van der Waals surface area contributed by atoms with E-state index in [1.807, 2.05) is 0 Å². The average molecular weight is 352 g/mol. The molecule has 0 saturated carbocycles. The third kappa shape index (κ3) is 5.27. The summed E-state index contributed by atoms with van der Waals surface area (Å²) >= 11 is 0. The molecule has 2 N–H and O–H groups in total. The summed E-state index contributed by atoms with van der Waals surface area (Å²) in [7, 11) is 2.46. The Labute approximate surface area is 144 Å². The minimum Gasteiger partial charge on any atom is -0.469 e. The molecule has 136 valence electrons. The molecule has 0 radical (unpaired) electrons. The van der Waals surface area contributed by atoms with Gasteiger partial charge in [0.1, 0.15) is 6.04 Å². The van der Waals surface area contributed by atoms with Crippen LogP contribution in [-0.2, 0) is 25.6 Å². The van der Waals surface area contributed by atoms with Crippen LogP contribution >= 0.6 is 0 Å². The Hall–Kier alpha value is -2.97. The first-order valence-corrected chi connectivity index (χ1v) is 7.61. The zero-order chi connectivity index (χ0) is 18.2. The van der Waals surface area contributed by atoms with Gasteiger partial charge in [-0.3, -0.25) is 4.79 Å². The minimum absolute atomic E-state index is 0.0152. The van der Waals surface area contributed by atoms with E-state index in [0.717, 1.165) is 5.56 Å². The molecule has 0 fully saturated rings. The quantitative estimate of drug-likeness (QED) is 0.695. The van der Waals surface area contributed by atoms with E-state index < -0.39 is 24.0 Å². The summed E-state index contributed by atoms with van der Waals surface area (Å²) in [5, 5.41) is 5.11. The van der Waals surface area contributed by atoms with Gasteiger partial charge in [-0.2, -0.15) is 0 Å².